The minimum atomic E-state index is -0.599. The van der Waals surface area contributed by atoms with Crippen molar-refractivity contribution >= 4 is 18.1 Å². The molecule has 0 aliphatic heterocycles. The molecule has 1 amide bonds. The second kappa shape index (κ2) is 9.33. The van der Waals surface area contributed by atoms with Crippen LogP contribution in [0.1, 0.15) is 49.8 Å². The second-order valence-corrected chi connectivity index (χ2v) is 8.67. The normalized spacial score (nSPS) is 18.0. The van der Waals surface area contributed by atoms with Crippen LogP contribution in [0.2, 0.25) is 0 Å². The summed E-state index contributed by atoms with van der Waals surface area (Å²) < 4.78 is 23.5. The Labute approximate surface area is 182 Å². The van der Waals surface area contributed by atoms with Crippen LogP contribution in [0.3, 0.4) is 0 Å². The first-order valence-corrected chi connectivity index (χ1v) is 10.3. The lowest BCUT2D eigenvalue weighted by Crippen LogP contribution is -2.38. The summed E-state index contributed by atoms with van der Waals surface area (Å²) in [6.07, 6.45) is 3.48. The molecule has 1 fully saturated rings. The molecule has 2 unspecified atom stereocenters. The van der Waals surface area contributed by atoms with E-state index in [1.54, 1.807) is 23.1 Å². The summed E-state index contributed by atoms with van der Waals surface area (Å²) in [6, 6.07) is 14.0. The average Bonchev–Trinajstić information content (AvgIpc) is 3.50. The molecule has 0 saturated heterocycles. The van der Waals surface area contributed by atoms with Crippen molar-refractivity contribution in [2.24, 2.45) is 0 Å². The van der Waals surface area contributed by atoms with Crippen LogP contribution in [0.15, 0.2) is 54.6 Å². The maximum atomic E-state index is 13.3. The Balaban J connectivity index is 1.74. The fourth-order valence-corrected chi connectivity index (χ4v) is 3.40. The summed E-state index contributed by atoms with van der Waals surface area (Å²) in [5.74, 6) is -0.526. The lowest BCUT2D eigenvalue weighted by molar-refractivity contribution is -0.134. The van der Waals surface area contributed by atoms with E-state index >= 15 is 0 Å². The Hall–Kier alpha value is -3.15. The van der Waals surface area contributed by atoms with E-state index in [0.717, 1.165) is 23.1 Å². The van der Waals surface area contributed by atoms with Gasteiger partial charge in [0.15, 0.2) is 0 Å². The number of halogens is 1. The molecule has 0 aromatic heterocycles. The number of benzene rings is 2. The molecule has 0 spiro atoms. The highest BCUT2D eigenvalue weighted by Crippen LogP contribution is 2.45. The third-order valence-corrected chi connectivity index (χ3v) is 5.03. The molecule has 1 aliphatic carbocycles. The molecule has 0 heterocycles. The van der Waals surface area contributed by atoms with E-state index in [1.807, 2.05) is 45.0 Å². The number of carbonyl (C=O) groups excluding carboxylic acids is 2. The van der Waals surface area contributed by atoms with Crippen molar-refractivity contribution in [2.75, 3.05) is 7.11 Å². The average molecular weight is 426 g/mol. The number of ether oxygens (including phenoxy) is 2. The Kier molecular flexibility index (Phi) is 6.78. The highest BCUT2D eigenvalue weighted by Gasteiger charge is 2.46. The predicted molar refractivity (Wildman–Crippen MR) is 117 cm³/mol. The topological polar surface area (TPSA) is 55.8 Å². The molecule has 0 bridgehead atoms. The Morgan fingerprint density at radius 1 is 1.10 bits per heavy atom. The molecule has 1 saturated carbocycles. The van der Waals surface area contributed by atoms with E-state index in [-0.39, 0.29) is 23.9 Å². The van der Waals surface area contributed by atoms with Gasteiger partial charge >= 0.3 is 12.1 Å². The minimum Gasteiger partial charge on any atom is -0.466 e. The third kappa shape index (κ3) is 6.41. The van der Waals surface area contributed by atoms with E-state index in [4.69, 9.17) is 4.74 Å². The Morgan fingerprint density at radius 2 is 1.74 bits per heavy atom. The molecular weight excluding hydrogens is 397 g/mol. The number of methoxy groups -OCH3 is 1. The van der Waals surface area contributed by atoms with Crippen molar-refractivity contribution in [2.45, 2.75) is 51.3 Å². The van der Waals surface area contributed by atoms with E-state index in [2.05, 4.69) is 4.74 Å². The van der Waals surface area contributed by atoms with Crippen LogP contribution in [-0.4, -0.2) is 35.7 Å². The summed E-state index contributed by atoms with van der Waals surface area (Å²) in [5, 5.41) is 0. The quantitative estimate of drug-likeness (QED) is 0.465. The molecule has 0 radical (unpaired) electrons. The number of hydrogen-bond acceptors (Lipinski definition) is 4. The van der Waals surface area contributed by atoms with Crippen molar-refractivity contribution < 1.29 is 23.5 Å². The first kappa shape index (κ1) is 22.5. The van der Waals surface area contributed by atoms with Crippen LogP contribution >= 0.6 is 0 Å². The van der Waals surface area contributed by atoms with Crippen molar-refractivity contribution in [3.8, 4) is 0 Å². The molecule has 3 rings (SSSR count). The zero-order chi connectivity index (χ0) is 22.6. The van der Waals surface area contributed by atoms with Gasteiger partial charge in [-0.15, -0.1) is 0 Å². The van der Waals surface area contributed by atoms with Crippen molar-refractivity contribution in [3.63, 3.8) is 0 Å². The van der Waals surface area contributed by atoms with Gasteiger partial charge in [-0.25, -0.2) is 14.0 Å². The molecule has 5 nitrogen and oxygen atoms in total. The number of hydrogen-bond donors (Lipinski definition) is 0. The van der Waals surface area contributed by atoms with E-state index in [0.29, 0.717) is 6.54 Å². The number of esters is 1. The van der Waals surface area contributed by atoms with Crippen LogP contribution < -0.4 is 0 Å². The summed E-state index contributed by atoms with van der Waals surface area (Å²) in [6.45, 7) is 5.93. The predicted octanol–water partition coefficient (Wildman–Crippen LogP) is 5.31. The second-order valence-electron chi connectivity index (χ2n) is 8.67. The first-order valence-electron chi connectivity index (χ1n) is 10.3. The van der Waals surface area contributed by atoms with Crippen LogP contribution in [0.25, 0.3) is 6.08 Å². The zero-order valence-corrected chi connectivity index (χ0v) is 18.3. The van der Waals surface area contributed by atoms with Crippen LogP contribution in [0.5, 0.6) is 0 Å². The smallest absolute Gasteiger partial charge is 0.410 e. The summed E-state index contributed by atoms with van der Waals surface area (Å²) in [5.41, 5.74) is 2.22. The van der Waals surface area contributed by atoms with Gasteiger partial charge in [-0.2, -0.15) is 0 Å². The van der Waals surface area contributed by atoms with Gasteiger partial charge in [-0.1, -0.05) is 36.4 Å². The maximum absolute atomic E-state index is 13.3. The number of carbonyl (C=O) groups is 2. The third-order valence-electron chi connectivity index (χ3n) is 5.03. The number of amides is 1. The van der Waals surface area contributed by atoms with Gasteiger partial charge in [0.1, 0.15) is 11.4 Å². The fraction of sp³-hybridized carbons (Fsp3) is 0.360. The van der Waals surface area contributed by atoms with Crippen LogP contribution in [-0.2, 0) is 20.8 Å². The summed E-state index contributed by atoms with van der Waals surface area (Å²) in [7, 11) is 1.33. The van der Waals surface area contributed by atoms with Gasteiger partial charge in [0.05, 0.1) is 7.11 Å². The monoisotopic (exact) mass is 425 g/mol. The largest absolute Gasteiger partial charge is 0.466 e. The Morgan fingerprint density at radius 3 is 2.32 bits per heavy atom. The molecule has 0 N–H and O–H groups in total. The molecule has 1 aliphatic rings. The van der Waals surface area contributed by atoms with E-state index < -0.39 is 11.6 Å². The van der Waals surface area contributed by atoms with Crippen molar-refractivity contribution in [3.05, 3.63) is 77.1 Å². The molecule has 164 valence electrons. The van der Waals surface area contributed by atoms with Gasteiger partial charge < -0.3 is 14.4 Å². The van der Waals surface area contributed by atoms with Gasteiger partial charge in [-0.05, 0) is 62.1 Å². The van der Waals surface area contributed by atoms with Crippen LogP contribution in [0, 0.1) is 5.82 Å². The number of rotatable bonds is 6. The Bertz CT molecular complexity index is 945. The van der Waals surface area contributed by atoms with Gasteiger partial charge in [0.25, 0.3) is 0 Å². The molecule has 2 atom stereocenters. The lowest BCUT2D eigenvalue weighted by atomic mass is 10.1. The molecule has 6 heteroatoms. The van der Waals surface area contributed by atoms with Crippen molar-refractivity contribution in [1.82, 2.24) is 4.90 Å². The number of nitrogens with zero attached hydrogens (tertiary/aromatic N) is 1. The molecule has 2 aromatic rings. The highest BCUT2D eigenvalue weighted by molar-refractivity contribution is 5.86. The minimum absolute atomic E-state index is 0.000733. The molecule has 2 aromatic carbocycles. The van der Waals surface area contributed by atoms with Crippen LogP contribution in [0.4, 0.5) is 9.18 Å². The van der Waals surface area contributed by atoms with E-state index in [9.17, 15) is 14.0 Å². The van der Waals surface area contributed by atoms with Gasteiger partial charge in [0.2, 0.25) is 0 Å². The lowest BCUT2D eigenvalue weighted by Gasteiger charge is -2.28. The maximum Gasteiger partial charge on any atom is 0.410 e. The fourth-order valence-electron chi connectivity index (χ4n) is 3.40. The molecular formula is C25H28FNO4. The SMILES string of the molecule is COC(=O)/C=C/c1ccc(CN(C(=O)OC(C)(C)C)C2CC2c2ccc(F)cc2)cc1. The summed E-state index contributed by atoms with van der Waals surface area (Å²) >= 11 is 0. The van der Waals surface area contributed by atoms with Gasteiger partial charge in [-0.3, -0.25) is 0 Å². The zero-order valence-electron chi connectivity index (χ0n) is 18.3. The summed E-state index contributed by atoms with van der Waals surface area (Å²) in [4.78, 5) is 25.9. The highest BCUT2D eigenvalue weighted by atomic mass is 19.1. The van der Waals surface area contributed by atoms with E-state index in [1.165, 1.54) is 25.3 Å². The molecule has 31 heavy (non-hydrogen) atoms. The first-order chi connectivity index (χ1) is 14.7. The van der Waals surface area contributed by atoms with Gasteiger partial charge in [0, 0.05) is 24.6 Å². The standard InChI is InChI=1S/C25H28FNO4/c1-25(2,3)31-24(29)27(22-15-21(22)19-10-12-20(26)13-11-19)16-18-7-5-17(6-8-18)9-14-23(28)30-4/h5-14,21-22H,15-16H2,1-4H3/b14-9+. The van der Waals surface area contributed by atoms with Crippen molar-refractivity contribution in [1.29, 1.82) is 0 Å².